The third-order valence-corrected chi connectivity index (χ3v) is 3.93. The minimum Gasteiger partial charge on any atom is -0.375 e. The standard InChI is InChI=1S/C15H26N4O2/c1-3-8-19-14(4-7-17-19)11-16-13-5-9-18(10-6-13)15(20)12-21-2/h4,7,13,16H,3,5-6,8-12H2,1-2H3. The van der Waals surface area contributed by atoms with Crippen LogP contribution in [0.1, 0.15) is 31.9 Å². The molecule has 1 aliphatic rings. The number of hydrogen-bond donors (Lipinski definition) is 1. The molecule has 2 rings (SSSR count). The Labute approximate surface area is 126 Å². The summed E-state index contributed by atoms with van der Waals surface area (Å²) < 4.78 is 6.96. The van der Waals surface area contributed by atoms with Gasteiger partial charge in [-0.1, -0.05) is 6.92 Å². The van der Waals surface area contributed by atoms with Crippen LogP contribution in [0.2, 0.25) is 0 Å². The molecule has 0 aromatic carbocycles. The highest BCUT2D eigenvalue weighted by molar-refractivity contribution is 5.77. The number of likely N-dealkylation sites (tertiary alicyclic amines) is 1. The topological polar surface area (TPSA) is 59.4 Å². The zero-order valence-electron chi connectivity index (χ0n) is 13.0. The Kier molecular flexibility index (Phi) is 6.20. The van der Waals surface area contributed by atoms with Crippen molar-refractivity contribution in [2.24, 2.45) is 0 Å². The van der Waals surface area contributed by atoms with Crippen molar-refractivity contribution < 1.29 is 9.53 Å². The smallest absolute Gasteiger partial charge is 0.248 e. The van der Waals surface area contributed by atoms with E-state index in [0.717, 1.165) is 45.4 Å². The first-order valence-electron chi connectivity index (χ1n) is 7.75. The maximum Gasteiger partial charge on any atom is 0.248 e. The summed E-state index contributed by atoms with van der Waals surface area (Å²) in [4.78, 5) is 13.6. The molecule has 21 heavy (non-hydrogen) atoms. The molecular formula is C15H26N4O2. The number of hydrogen-bond acceptors (Lipinski definition) is 4. The summed E-state index contributed by atoms with van der Waals surface area (Å²) in [7, 11) is 1.56. The lowest BCUT2D eigenvalue weighted by molar-refractivity contribution is -0.136. The molecule has 1 fully saturated rings. The minimum absolute atomic E-state index is 0.0944. The van der Waals surface area contributed by atoms with Crippen LogP contribution in [0.3, 0.4) is 0 Å². The Morgan fingerprint density at radius 2 is 2.24 bits per heavy atom. The molecule has 0 bridgehead atoms. The maximum absolute atomic E-state index is 11.7. The lowest BCUT2D eigenvalue weighted by Gasteiger charge is -2.32. The van der Waals surface area contributed by atoms with Crippen LogP contribution in [-0.2, 0) is 22.6 Å². The summed E-state index contributed by atoms with van der Waals surface area (Å²) in [5.74, 6) is 0.0944. The largest absolute Gasteiger partial charge is 0.375 e. The minimum atomic E-state index is 0.0944. The molecule has 1 aromatic rings. The first-order valence-corrected chi connectivity index (χ1v) is 7.75. The van der Waals surface area contributed by atoms with Crippen LogP contribution in [-0.4, -0.2) is 53.4 Å². The summed E-state index contributed by atoms with van der Waals surface area (Å²) in [5.41, 5.74) is 1.23. The molecule has 0 saturated carbocycles. The van der Waals surface area contributed by atoms with Gasteiger partial charge >= 0.3 is 0 Å². The zero-order chi connectivity index (χ0) is 15.1. The molecule has 2 heterocycles. The highest BCUT2D eigenvalue weighted by Crippen LogP contribution is 2.11. The van der Waals surface area contributed by atoms with Crippen LogP contribution < -0.4 is 5.32 Å². The summed E-state index contributed by atoms with van der Waals surface area (Å²) in [6.45, 7) is 5.78. The monoisotopic (exact) mass is 294 g/mol. The average molecular weight is 294 g/mol. The molecule has 0 spiro atoms. The molecule has 0 aliphatic carbocycles. The molecule has 1 saturated heterocycles. The molecule has 0 radical (unpaired) electrons. The van der Waals surface area contributed by atoms with E-state index in [1.807, 2.05) is 11.1 Å². The third-order valence-electron chi connectivity index (χ3n) is 3.93. The number of nitrogens with zero attached hydrogens (tertiary/aromatic N) is 3. The second kappa shape index (κ2) is 8.14. The fourth-order valence-corrected chi connectivity index (χ4v) is 2.72. The number of nitrogens with one attached hydrogen (secondary N) is 1. The fraction of sp³-hybridized carbons (Fsp3) is 0.733. The zero-order valence-corrected chi connectivity index (χ0v) is 13.0. The van der Waals surface area contributed by atoms with Gasteiger partial charge in [0.15, 0.2) is 0 Å². The summed E-state index contributed by atoms with van der Waals surface area (Å²) in [6, 6.07) is 2.54. The van der Waals surface area contributed by atoms with Crippen LogP contribution in [0, 0.1) is 0 Å². The van der Waals surface area contributed by atoms with Gasteiger partial charge in [-0.15, -0.1) is 0 Å². The Bertz CT molecular complexity index is 439. The van der Waals surface area contributed by atoms with Gasteiger partial charge in [0, 0.05) is 45.5 Å². The van der Waals surface area contributed by atoms with E-state index >= 15 is 0 Å². The number of piperidine rings is 1. The normalized spacial score (nSPS) is 16.4. The van der Waals surface area contributed by atoms with Gasteiger partial charge in [0.1, 0.15) is 6.61 Å². The van der Waals surface area contributed by atoms with Crippen molar-refractivity contribution in [2.75, 3.05) is 26.8 Å². The van der Waals surface area contributed by atoms with Crippen molar-refractivity contribution in [3.8, 4) is 0 Å². The molecule has 1 amide bonds. The second-order valence-corrected chi connectivity index (χ2v) is 5.51. The molecule has 6 nitrogen and oxygen atoms in total. The van der Waals surface area contributed by atoms with Gasteiger partial charge < -0.3 is 15.0 Å². The molecule has 1 aliphatic heterocycles. The number of aromatic nitrogens is 2. The van der Waals surface area contributed by atoms with Crippen molar-refractivity contribution in [1.82, 2.24) is 20.0 Å². The molecule has 1 N–H and O–H groups in total. The van der Waals surface area contributed by atoms with E-state index in [2.05, 4.69) is 28.1 Å². The molecule has 0 atom stereocenters. The van der Waals surface area contributed by atoms with E-state index in [1.54, 1.807) is 7.11 Å². The molecule has 1 aromatic heterocycles. The Hall–Kier alpha value is -1.40. The van der Waals surface area contributed by atoms with Gasteiger partial charge in [0.2, 0.25) is 5.91 Å². The van der Waals surface area contributed by atoms with Gasteiger partial charge in [-0.05, 0) is 25.3 Å². The van der Waals surface area contributed by atoms with Crippen LogP contribution in [0.15, 0.2) is 12.3 Å². The van der Waals surface area contributed by atoms with E-state index in [4.69, 9.17) is 4.74 Å². The molecule has 0 unspecified atom stereocenters. The van der Waals surface area contributed by atoms with Gasteiger partial charge in [-0.25, -0.2) is 0 Å². The van der Waals surface area contributed by atoms with Crippen LogP contribution >= 0.6 is 0 Å². The van der Waals surface area contributed by atoms with Crippen molar-refractivity contribution in [1.29, 1.82) is 0 Å². The van der Waals surface area contributed by atoms with Crippen molar-refractivity contribution in [2.45, 2.75) is 45.3 Å². The summed E-state index contributed by atoms with van der Waals surface area (Å²) >= 11 is 0. The van der Waals surface area contributed by atoms with Crippen LogP contribution in [0.4, 0.5) is 0 Å². The number of rotatable bonds is 7. The van der Waals surface area contributed by atoms with Crippen molar-refractivity contribution in [3.63, 3.8) is 0 Å². The van der Waals surface area contributed by atoms with Crippen LogP contribution in [0.5, 0.6) is 0 Å². The number of amides is 1. The average Bonchev–Trinajstić information content (AvgIpc) is 2.94. The lowest BCUT2D eigenvalue weighted by atomic mass is 10.0. The maximum atomic E-state index is 11.7. The van der Waals surface area contributed by atoms with E-state index < -0.39 is 0 Å². The number of aryl methyl sites for hydroxylation is 1. The van der Waals surface area contributed by atoms with Crippen LogP contribution in [0.25, 0.3) is 0 Å². The first kappa shape index (κ1) is 16.0. The predicted octanol–water partition coefficient (Wildman–Crippen LogP) is 1.02. The number of ether oxygens (including phenoxy) is 1. The third kappa shape index (κ3) is 4.54. The van der Waals surface area contributed by atoms with Gasteiger partial charge in [0.25, 0.3) is 0 Å². The Balaban J connectivity index is 1.73. The van der Waals surface area contributed by atoms with Gasteiger partial charge in [-0.3, -0.25) is 9.48 Å². The highest BCUT2D eigenvalue weighted by atomic mass is 16.5. The van der Waals surface area contributed by atoms with Gasteiger partial charge in [0.05, 0.1) is 5.69 Å². The fourth-order valence-electron chi connectivity index (χ4n) is 2.72. The quantitative estimate of drug-likeness (QED) is 0.816. The van der Waals surface area contributed by atoms with Gasteiger partial charge in [-0.2, -0.15) is 5.10 Å². The Morgan fingerprint density at radius 1 is 1.48 bits per heavy atom. The van der Waals surface area contributed by atoms with E-state index in [9.17, 15) is 4.79 Å². The lowest BCUT2D eigenvalue weighted by Crippen LogP contribution is -2.45. The van der Waals surface area contributed by atoms with E-state index in [-0.39, 0.29) is 12.5 Å². The highest BCUT2D eigenvalue weighted by Gasteiger charge is 2.22. The SMILES string of the molecule is CCCn1nccc1CNC1CCN(C(=O)COC)CC1. The molecule has 118 valence electrons. The van der Waals surface area contributed by atoms with E-state index in [0.29, 0.717) is 6.04 Å². The predicted molar refractivity (Wildman–Crippen MR) is 80.8 cm³/mol. The van der Waals surface area contributed by atoms with Crippen molar-refractivity contribution in [3.05, 3.63) is 18.0 Å². The van der Waals surface area contributed by atoms with E-state index in [1.165, 1.54) is 5.69 Å². The summed E-state index contributed by atoms with van der Waals surface area (Å²) in [6.07, 6.45) is 4.95. The number of carbonyl (C=O) groups excluding carboxylic acids is 1. The number of methoxy groups -OCH3 is 1. The number of carbonyl (C=O) groups is 1. The molecular weight excluding hydrogens is 268 g/mol. The second-order valence-electron chi connectivity index (χ2n) is 5.51. The summed E-state index contributed by atoms with van der Waals surface area (Å²) in [5, 5.41) is 7.92. The first-order chi connectivity index (χ1) is 10.2. The van der Waals surface area contributed by atoms with Crippen molar-refractivity contribution >= 4 is 5.91 Å². The molecule has 6 heteroatoms. The Morgan fingerprint density at radius 3 is 2.90 bits per heavy atom.